The molecule has 194 valence electrons. The zero-order valence-corrected chi connectivity index (χ0v) is 21.9. The topological polar surface area (TPSA) is 143 Å². The monoisotopic (exact) mass is 545 g/mol. The summed E-state index contributed by atoms with van der Waals surface area (Å²) in [6.45, 7) is 1.47. The average molecular weight is 546 g/mol. The van der Waals surface area contributed by atoms with Crippen LogP contribution in [0.5, 0.6) is 11.5 Å². The Morgan fingerprint density at radius 1 is 0.973 bits per heavy atom. The number of rotatable bonds is 10. The summed E-state index contributed by atoms with van der Waals surface area (Å²) < 4.78 is 47.7. The third-order valence-electron chi connectivity index (χ3n) is 5.51. The van der Waals surface area contributed by atoms with Gasteiger partial charge in [0.05, 0.1) is 19.2 Å². The highest BCUT2D eigenvalue weighted by Crippen LogP contribution is 2.38. The molecule has 14 heteroatoms. The number of nitrogens with one attached hydrogen (secondary N) is 1. The van der Waals surface area contributed by atoms with E-state index in [0.29, 0.717) is 33.6 Å². The highest BCUT2D eigenvalue weighted by atomic mass is 35.5. The third kappa shape index (κ3) is 5.33. The zero-order valence-electron chi connectivity index (χ0n) is 20.4. The molecule has 0 aliphatic carbocycles. The third-order valence-corrected chi connectivity index (χ3v) is 7.39. The Morgan fingerprint density at radius 3 is 2.22 bits per heavy atom. The zero-order chi connectivity index (χ0) is 26.6. The van der Waals surface area contributed by atoms with E-state index in [1.54, 1.807) is 42.7 Å². The molecule has 12 nitrogen and oxygen atoms in total. The average Bonchev–Trinajstić information content (AvgIpc) is 3.32. The van der Waals surface area contributed by atoms with Crippen molar-refractivity contribution in [1.82, 2.24) is 29.7 Å². The van der Waals surface area contributed by atoms with Crippen LogP contribution in [0.4, 0.5) is 5.95 Å². The number of ether oxygens (including phenoxy) is 3. The second-order valence-corrected chi connectivity index (χ2v) is 10.2. The molecule has 0 radical (unpaired) electrons. The molecule has 4 aromatic rings. The SMILES string of the molecule is COc1cccc(OC)c1-n1c(NS(=O)(=O)[C@@H](C)[C@@H](OC)c2ncc(Cl)cn2)nnc1-c1cccnc1. The minimum Gasteiger partial charge on any atom is -0.494 e. The van der Waals surface area contributed by atoms with Crippen LogP contribution in [-0.4, -0.2) is 64.7 Å². The summed E-state index contributed by atoms with van der Waals surface area (Å²) in [7, 11) is 0.230. The molecule has 0 saturated heterocycles. The van der Waals surface area contributed by atoms with Crippen molar-refractivity contribution >= 4 is 27.6 Å². The first-order valence-electron chi connectivity index (χ1n) is 10.9. The van der Waals surface area contributed by atoms with Crippen molar-refractivity contribution in [1.29, 1.82) is 0 Å². The molecule has 37 heavy (non-hydrogen) atoms. The lowest BCUT2D eigenvalue weighted by Crippen LogP contribution is -2.33. The standard InChI is InChI=1S/C23H24ClN7O5S/c1-14(20(36-4)21-26-12-16(24)13-27-21)37(32,33)30-23-29-28-22(15-7-6-10-25-11-15)31(23)19-17(34-2)8-5-9-18(19)35-3/h5-14,20H,1-4H3,(H,29,30)/t14-,20+/m0/s1. The van der Waals surface area contributed by atoms with Gasteiger partial charge in [0.15, 0.2) is 11.6 Å². The molecule has 3 aromatic heterocycles. The van der Waals surface area contributed by atoms with Crippen LogP contribution in [0.2, 0.25) is 5.02 Å². The Kier molecular flexibility index (Phi) is 7.86. The maximum Gasteiger partial charge on any atom is 0.243 e. The molecule has 3 heterocycles. The van der Waals surface area contributed by atoms with Gasteiger partial charge in [0.2, 0.25) is 16.0 Å². The van der Waals surface area contributed by atoms with Gasteiger partial charge in [0.1, 0.15) is 28.5 Å². The molecular weight excluding hydrogens is 522 g/mol. The molecule has 0 amide bonds. The maximum absolute atomic E-state index is 13.6. The van der Waals surface area contributed by atoms with Crippen LogP contribution in [0, 0.1) is 0 Å². The normalized spacial score (nSPS) is 13.1. The minimum absolute atomic E-state index is 0.0969. The molecule has 0 aliphatic heterocycles. The largest absolute Gasteiger partial charge is 0.494 e. The number of methoxy groups -OCH3 is 3. The van der Waals surface area contributed by atoms with Gasteiger partial charge in [-0.3, -0.25) is 14.3 Å². The van der Waals surface area contributed by atoms with E-state index in [1.807, 2.05) is 0 Å². The van der Waals surface area contributed by atoms with Gasteiger partial charge in [-0.25, -0.2) is 18.4 Å². The van der Waals surface area contributed by atoms with E-state index in [-0.39, 0.29) is 11.8 Å². The Balaban J connectivity index is 1.83. The van der Waals surface area contributed by atoms with E-state index in [4.69, 9.17) is 25.8 Å². The van der Waals surface area contributed by atoms with E-state index in [9.17, 15) is 8.42 Å². The van der Waals surface area contributed by atoms with Gasteiger partial charge in [0.25, 0.3) is 0 Å². The first kappa shape index (κ1) is 26.3. The number of sulfonamides is 1. The lowest BCUT2D eigenvalue weighted by Gasteiger charge is -2.22. The van der Waals surface area contributed by atoms with E-state index >= 15 is 0 Å². The number of benzene rings is 1. The smallest absolute Gasteiger partial charge is 0.243 e. The molecule has 0 spiro atoms. The van der Waals surface area contributed by atoms with Gasteiger partial charge >= 0.3 is 0 Å². The first-order valence-corrected chi connectivity index (χ1v) is 12.8. The van der Waals surface area contributed by atoms with Crippen LogP contribution in [0.3, 0.4) is 0 Å². The van der Waals surface area contributed by atoms with Crippen molar-refractivity contribution in [3.63, 3.8) is 0 Å². The van der Waals surface area contributed by atoms with E-state index in [2.05, 4.69) is 29.9 Å². The van der Waals surface area contributed by atoms with Gasteiger partial charge in [-0.2, -0.15) is 0 Å². The number of anilines is 1. The van der Waals surface area contributed by atoms with Gasteiger partial charge in [-0.15, -0.1) is 10.2 Å². The summed E-state index contributed by atoms with van der Waals surface area (Å²) in [5, 5.41) is 7.59. The molecule has 0 aliphatic rings. The molecule has 1 aromatic carbocycles. The number of hydrogen-bond donors (Lipinski definition) is 1. The van der Waals surface area contributed by atoms with Gasteiger partial charge < -0.3 is 14.2 Å². The van der Waals surface area contributed by atoms with Crippen molar-refractivity contribution in [3.8, 4) is 28.6 Å². The Morgan fingerprint density at radius 2 is 1.65 bits per heavy atom. The summed E-state index contributed by atoms with van der Waals surface area (Å²) in [5.74, 6) is 1.18. The lowest BCUT2D eigenvalue weighted by molar-refractivity contribution is 0.0950. The van der Waals surface area contributed by atoms with E-state index < -0.39 is 21.4 Å². The molecule has 0 fully saturated rings. The van der Waals surface area contributed by atoms with Gasteiger partial charge in [-0.1, -0.05) is 17.7 Å². The molecule has 0 saturated carbocycles. The number of halogens is 1. The molecule has 1 N–H and O–H groups in total. The summed E-state index contributed by atoms with van der Waals surface area (Å²) in [4.78, 5) is 12.4. The van der Waals surface area contributed by atoms with Gasteiger partial charge in [0, 0.05) is 37.5 Å². The molecule has 0 unspecified atom stereocenters. The van der Waals surface area contributed by atoms with Crippen LogP contribution in [-0.2, 0) is 14.8 Å². The van der Waals surface area contributed by atoms with Crippen molar-refractivity contribution in [2.75, 3.05) is 26.1 Å². The Labute approximate surface area is 218 Å². The number of nitrogens with zero attached hydrogens (tertiary/aromatic N) is 6. The molecule has 2 atom stereocenters. The van der Waals surface area contributed by atoms with Gasteiger partial charge in [-0.05, 0) is 31.2 Å². The maximum atomic E-state index is 13.6. The minimum atomic E-state index is -4.13. The Hall–Kier alpha value is -3.81. The fraction of sp³-hybridized carbons (Fsp3) is 0.261. The lowest BCUT2D eigenvalue weighted by atomic mass is 10.2. The first-order chi connectivity index (χ1) is 17.8. The van der Waals surface area contributed by atoms with Crippen LogP contribution >= 0.6 is 11.6 Å². The predicted octanol–water partition coefficient (Wildman–Crippen LogP) is 3.31. The number of aromatic nitrogens is 6. The van der Waals surface area contributed by atoms with Crippen molar-refractivity contribution in [2.45, 2.75) is 18.3 Å². The van der Waals surface area contributed by atoms with Crippen molar-refractivity contribution in [2.24, 2.45) is 0 Å². The van der Waals surface area contributed by atoms with E-state index in [0.717, 1.165) is 0 Å². The van der Waals surface area contributed by atoms with Crippen LogP contribution in [0.15, 0.2) is 55.1 Å². The summed E-state index contributed by atoms with van der Waals surface area (Å²) in [5.41, 5.74) is 0.983. The van der Waals surface area contributed by atoms with E-state index in [1.165, 1.54) is 45.2 Å². The van der Waals surface area contributed by atoms with Crippen LogP contribution in [0.1, 0.15) is 18.9 Å². The molecule has 0 bridgehead atoms. The summed E-state index contributed by atoms with van der Waals surface area (Å²) >= 11 is 5.87. The predicted molar refractivity (Wildman–Crippen MR) is 136 cm³/mol. The molecular formula is C23H24ClN7O5S. The van der Waals surface area contributed by atoms with Crippen LogP contribution in [0.25, 0.3) is 17.1 Å². The number of hydrogen-bond acceptors (Lipinski definition) is 10. The Bertz CT molecular complexity index is 1440. The number of para-hydroxylation sites is 1. The van der Waals surface area contributed by atoms with Crippen molar-refractivity contribution < 1.29 is 22.6 Å². The summed E-state index contributed by atoms with van der Waals surface area (Å²) in [6, 6.07) is 8.68. The van der Waals surface area contributed by atoms with Crippen molar-refractivity contribution in [3.05, 3.63) is 66.0 Å². The highest BCUT2D eigenvalue weighted by molar-refractivity contribution is 7.93. The fourth-order valence-electron chi connectivity index (χ4n) is 3.66. The second-order valence-electron chi connectivity index (χ2n) is 7.70. The second kappa shape index (κ2) is 11.1. The molecule has 4 rings (SSSR count). The quantitative estimate of drug-likeness (QED) is 0.315. The summed E-state index contributed by atoms with van der Waals surface area (Å²) in [6.07, 6.45) is 4.94. The highest BCUT2D eigenvalue weighted by Gasteiger charge is 2.35. The van der Waals surface area contributed by atoms with Crippen LogP contribution < -0.4 is 14.2 Å². The number of pyridine rings is 1. The fourth-order valence-corrected chi connectivity index (χ4v) is 4.88.